The first kappa shape index (κ1) is 16.7. The molecule has 0 saturated carbocycles. The number of hydrogen-bond acceptors (Lipinski definition) is 3. The predicted octanol–water partition coefficient (Wildman–Crippen LogP) is 4.31. The molecule has 1 saturated heterocycles. The Kier molecular flexibility index (Phi) is 4.95. The highest BCUT2D eigenvalue weighted by molar-refractivity contribution is 7.80. The fourth-order valence-electron chi connectivity index (χ4n) is 3.21. The van der Waals surface area contributed by atoms with Gasteiger partial charge in [-0.15, -0.1) is 0 Å². The molecule has 1 fully saturated rings. The summed E-state index contributed by atoms with van der Waals surface area (Å²) in [4.78, 5) is 15.0. The molecule has 0 aliphatic carbocycles. The van der Waals surface area contributed by atoms with Crippen LogP contribution in [-0.4, -0.2) is 22.6 Å². The van der Waals surface area contributed by atoms with Gasteiger partial charge in [-0.3, -0.25) is 9.69 Å². The maximum Gasteiger partial charge on any atom is 0.266 e. The van der Waals surface area contributed by atoms with Crippen LogP contribution in [0.25, 0.3) is 0 Å². The van der Waals surface area contributed by atoms with Crippen LogP contribution >= 0.6 is 12.2 Å². The molecule has 24 heavy (non-hydrogen) atoms. The molecular formula is C20H21NO2S. The summed E-state index contributed by atoms with van der Waals surface area (Å²) in [5.74, 6) is -0.0654. The van der Waals surface area contributed by atoms with Crippen molar-refractivity contribution >= 4 is 23.3 Å². The summed E-state index contributed by atoms with van der Waals surface area (Å²) in [7, 11) is 0. The van der Waals surface area contributed by atoms with Crippen LogP contribution in [-0.2, 0) is 9.53 Å². The molecule has 0 aromatic heterocycles. The van der Waals surface area contributed by atoms with Crippen LogP contribution in [0.3, 0.4) is 0 Å². The van der Waals surface area contributed by atoms with Gasteiger partial charge in [-0.25, -0.2) is 0 Å². The number of benzene rings is 2. The van der Waals surface area contributed by atoms with Crippen molar-refractivity contribution in [2.24, 2.45) is 5.92 Å². The van der Waals surface area contributed by atoms with E-state index in [1.54, 1.807) is 4.90 Å². The van der Waals surface area contributed by atoms with Crippen molar-refractivity contribution in [2.45, 2.75) is 25.8 Å². The molecule has 2 aromatic rings. The number of hydrogen-bond donors (Lipinski definition) is 0. The smallest absolute Gasteiger partial charge is 0.266 e. The lowest BCUT2D eigenvalue weighted by atomic mass is 9.86. The molecule has 2 aromatic carbocycles. The second kappa shape index (κ2) is 7.14. The Morgan fingerprint density at radius 1 is 1.08 bits per heavy atom. The SMILES string of the molecule is CC(C)[C@@H](C(=O)N1C(=S)OC[C@@H]1c1ccccc1)c1ccccc1. The number of carbonyl (C=O) groups excluding carboxylic acids is 1. The van der Waals surface area contributed by atoms with Gasteiger partial charge < -0.3 is 4.74 Å². The number of ether oxygens (including phenoxy) is 1. The number of rotatable bonds is 4. The van der Waals surface area contributed by atoms with E-state index in [-0.39, 0.29) is 29.0 Å². The van der Waals surface area contributed by atoms with Crippen LogP contribution in [0.15, 0.2) is 60.7 Å². The van der Waals surface area contributed by atoms with E-state index in [4.69, 9.17) is 17.0 Å². The largest absolute Gasteiger partial charge is 0.468 e. The van der Waals surface area contributed by atoms with E-state index in [0.717, 1.165) is 11.1 Å². The summed E-state index contributed by atoms with van der Waals surface area (Å²) in [5, 5.41) is 0.274. The molecule has 3 rings (SSSR count). The Morgan fingerprint density at radius 2 is 1.67 bits per heavy atom. The van der Waals surface area contributed by atoms with Crippen molar-refractivity contribution in [2.75, 3.05) is 6.61 Å². The molecule has 0 spiro atoms. The van der Waals surface area contributed by atoms with Crippen molar-refractivity contribution < 1.29 is 9.53 Å². The van der Waals surface area contributed by atoms with Crippen molar-refractivity contribution in [3.8, 4) is 0 Å². The van der Waals surface area contributed by atoms with Crippen LogP contribution in [0.1, 0.15) is 36.9 Å². The molecule has 1 heterocycles. The van der Waals surface area contributed by atoms with Crippen molar-refractivity contribution in [3.05, 3.63) is 71.8 Å². The van der Waals surface area contributed by atoms with Gasteiger partial charge in [0, 0.05) is 0 Å². The quantitative estimate of drug-likeness (QED) is 0.777. The van der Waals surface area contributed by atoms with Crippen LogP contribution in [0.4, 0.5) is 0 Å². The van der Waals surface area contributed by atoms with E-state index in [1.807, 2.05) is 60.7 Å². The topological polar surface area (TPSA) is 29.5 Å². The van der Waals surface area contributed by atoms with Gasteiger partial charge in [-0.05, 0) is 29.3 Å². The van der Waals surface area contributed by atoms with Crippen molar-refractivity contribution in [3.63, 3.8) is 0 Å². The third kappa shape index (κ3) is 3.20. The van der Waals surface area contributed by atoms with Crippen LogP contribution in [0.2, 0.25) is 0 Å². The Balaban J connectivity index is 1.95. The lowest BCUT2D eigenvalue weighted by Crippen LogP contribution is -2.39. The van der Waals surface area contributed by atoms with Crippen LogP contribution in [0, 0.1) is 5.92 Å². The third-order valence-corrected chi connectivity index (χ3v) is 4.70. The lowest BCUT2D eigenvalue weighted by molar-refractivity contribution is -0.131. The van der Waals surface area contributed by atoms with Gasteiger partial charge in [-0.2, -0.15) is 0 Å². The first-order chi connectivity index (χ1) is 11.6. The van der Waals surface area contributed by atoms with E-state index < -0.39 is 0 Å². The van der Waals surface area contributed by atoms with Gasteiger partial charge in [-0.1, -0.05) is 74.5 Å². The molecule has 0 unspecified atom stereocenters. The summed E-state index contributed by atoms with van der Waals surface area (Å²) in [6, 6.07) is 19.6. The number of thiocarbonyl (C=S) groups is 1. The number of amides is 1. The Labute approximate surface area is 148 Å². The summed E-state index contributed by atoms with van der Waals surface area (Å²) in [5.41, 5.74) is 2.06. The molecule has 0 bridgehead atoms. The van der Waals surface area contributed by atoms with Gasteiger partial charge in [0.25, 0.3) is 5.17 Å². The molecule has 4 heteroatoms. The number of carbonyl (C=O) groups is 1. The zero-order valence-electron chi connectivity index (χ0n) is 13.9. The Bertz CT molecular complexity index is 715. The average molecular weight is 339 g/mol. The fraction of sp³-hybridized carbons (Fsp3) is 0.300. The maximum atomic E-state index is 13.3. The first-order valence-electron chi connectivity index (χ1n) is 8.19. The van der Waals surface area contributed by atoms with Gasteiger partial charge in [0.15, 0.2) is 0 Å². The maximum absolute atomic E-state index is 13.3. The zero-order valence-corrected chi connectivity index (χ0v) is 14.7. The van der Waals surface area contributed by atoms with E-state index in [2.05, 4.69) is 13.8 Å². The first-order valence-corrected chi connectivity index (χ1v) is 8.60. The highest BCUT2D eigenvalue weighted by Crippen LogP contribution is 2.34. The lowest BCUT2D eigenvalue weighted by Gasteiger charge is -2.28. The molecule has 1 aliphatic rings. The second-order valence-corrected chi connectivity index (χ2v) is 6.69. The standard InChI is InChI=1S/C20H21NO2S/c1-14(2)18(16-11-7-4-8-12-16)19(22)21-17(13-23-20(21)24)15-9-5-3-6-10-15/h3-12,14,17-18H,13H2,1-2H3/t17-,18-/m1/s1. The van der Waals surface area contributed by atoms with E-state index in [0.29, 0.717) is 6.61 Å². The van der Waals surface area contributed by atoms with Crippen molar-refractivity contribution in [1.82, 2.24) is 4.90 Å². The Morgan fingerprint density at radius 3 is 2.25 bits per heavy atom. The summed E-state index contributed by atoms with van der Waals surface area (Å²) < 4.78 is 5.56. The van der Waals surface area contributed by atoms with Crippen molar-refractivity contribution in [1.29, 1.82) is 0 Å². The minimum absolute atomic E-state index is 0.00699. The predicted molar refractivity (Wildman–Crippen MR) is 98.6 cm³/mol. The van der Waals surface area contributed by atoms with Gasteiger partial charge >= 0.3 is 0 Å². The fourth-order valence-corrected chi connectivity index (χ4v) is 3.49. The highest BCUT2D eigenvalue weighted by Gasteiger charge is 2.40. The van der Waals surface area contributed by atoms with E-state index in [1.165, 1.54) is 0 Å². The summed E-state index contributed by atoms with van der Waals surface area (Å²) >= 11 is 5.33. The molecule has 3 nitrogen and oxygen atoms in total. The molecule has 0 radical (unpaired) electrons. The highest BCUT2D eigenvalue weighted by atomic mass is 32.1. The summed E-state index contributed by atoms with van der Waals surface area (Å²) in [6.45, 7) is 4.54. The second-order valence-electron chi connectivity index (χ2n) is 6.34. The Hall–Kier alpha value is -2.20. The molecule has 1 aliphatic heterocycles. The minimum atomic E-state index is -0.239. The summed E-state index contributed by atoms with van der Waals surface area (Å²) in [6.07, 6.45) is 0. The average Bonchev–Trinajstić information content (AvgIpc) is 2.98. The molecular weight excluding hydrogens is 318 g/mol. The normalized spacial score (nSPS) is 18.5. The van der Waals surface area contributed by atoms with Crippen LogP contribution in [0.5, 0.6) is 0 Å². The van der Waals surface area contributed by atoms with Gasteiger partial charge in [0.05, 0.1) is 12.0 Å². The van der Waals surface area contributed by atoms with Gasteiger partial charge in [0.2, 0.25) is 5.91 Å². The molecule has 0 N–H and O–H groups in total. The molecule has 2 atom stereocenters. The molecule has 124 valence electrons. The van der Waals surface area contributed by atoms with Crippen LogP contribution < -0.4 is 0 Å². The monoisotopic (exact) mass is 339 g/mol. The zero-order chi connectivity index (χ0) is 17.1. The molecule has 1 amide bonds. The minimum Gasteiger partial charge on any atom is -0.468 e. The van der Waals surface area contributed by atoms with E-state index in [9.17, 15) is 4.79 Å². The van der Waals surface area contributed by atoms with E-state index >= 15 is 0 Å². The third-order valence-electron chi connectivity index (χ3n) is 4.39. The number of nitrogens with zero attached hydrogens (tertiary/aromatic N) is 1. The van der Waals surface area contributed by atoms with Gasteiger partial charge in [0.1, 0.15) is 6.61 Å².